The lowest BCUT2D eigenvalue weighted by Crippen LogP contribution is -2.19. The van der Waals surface area contributed by atoms with Gasteiger partial charge in [0.15, 0.2) is 0 Å². The van der Waals surface area contributed by atoms with E-state index in [1.54, 1.807) is 11.1 Å². The monoisotopic (exact) mass is 189 g/mol. The molecule has 0 aliphatic heterocycles. The zero-order chi connectivity index (χ0) is 9.92. The molecule has 2 aliphatic rings. The summed E-state index contributed by atoms with van der Waals surface area (Å²) >= 11 is 0. The van der Waals surface area contributed by atoms with E-state index >= 15 is 0 Å². The van der Waals surface area contributed by atoms with Crippen LogP contribution in [0.4, 0.5) is 0 Å². The smallest absolute Gasteiger partial charge is 0.0355 e. The number of nitrogens with zero attached hydrogens (tertiary/aromatic N) is 1. The van der Waals surface area contributed by atoms with E-state index in [1.807, 2.05) is 0 Å². The highest BCUT2D eigenvalue weighted by Crippen LogP contribution is 2.53. The summed E-state index contributed by atoms with van der Waals surface area (Å²) in [6.45, 7) is 6.85. The molecule has 2 atom stereocenters. The summed E-state index contributed by atoms with van der Waals surface area (Å²) in [7, 11) is 0. The minimum Gasteiger partial charge on any atom is -0.349 e. The molecule has 1 nitrogen and oxygen atoms in total. The summed E-state index contributed by atoms with van der Waals surface area (Å²) in [6.07, 6.45) is 9.12. The third-order valence-electron chi connectivity index (χ3n) is 3.98. The normalized spacial score (nSPS) is 29.6. The summed E-state index contributed by atoms with van der Waals surface area (Å²) in [4.78, 5) is 0. The van der Waals surface area contributed by atoms with Gasteiger partial charge >= 0.3 is 0 Å². The van der Waals surface area contributed by atoms with Gasteiger partial charge in [-0.15, -0.1) is 0 Å². The minimum absolute atomic E-state index is 0.254. The van der Waals surface area contributed by atoms with E-state index in [2.05, 4.69) is 37.7 Å². The van der Waals surface area contributed by atoms with Crippen LogP contribution < -0.4 is 0 Å². The van der Waals surface area contributed by atoms with Gasteiger partial charge in [0, 0.05) is 17.9 Å². The lowest BCUT2D eigenvalue weighted by Gasteiger charge is -2.21. The Morgan fingerprint density at radius 2 is 1.57 bits per heavy atom. The van der Waals surface area contributed by atoms with Crippen molar-refractivity contribution >= 4 is 0 Å². The molecule has 2 bridgehead atoms. The largest absolute Gasteiger partial charge is 0.349 e. The predicted molar refractivity (Wildman–Crippen MR) is 58.8 cm³/mol. The van der Waals surface area contributed by atoms with Gasteiger partial charge in [0.1, 0.15) is 0 Å². The van der Waals surface area contributed by atoms with E-state index in [4.69, 9.17) is 0 Å². The maximum Gasteiger partial charge on any atom is 0.0355 e. The molecule has 1 aromatic heterocycles. The maximum absolute atomic E-state index is 2.40. The van der Waals surface area contributed by atoms with Crippen molar-refractivity contribution in [2.75, 3.05) is 0 Å². The van der Waals surface area contributed by atoms with Gasteiger partial charge < -0.3 is 4.57 Å². The first-order valence-corrected chi connectivity index (χ1v) is 5.78. The Labute approximate surface area is 86.1 Å². The number of fused-ring (bicyclic) bond motifs is 5. The summed E-state index contributed by atoms with van der Waals surface area (Å²) in [5.74, 6) is 1.80. The van der Waals surface area contributed by atoms with Gasteiger partial charge in [0.2, 0.25) is 0 Å². The molecule has 1 heteroatoms. The second-order valence-electron chi connectivity index (χ2n) is 5.95. The molecule has 2 aliphatic carbocycles. The second-order valence-corrected chi connectivity index (χ2v) is 5.95. The SMILES string of the molecule is CC(C)(C)n1cc2c(c1)C1CCC2C1. The lowest BCUT2D eigenvalue weighted by atomic mass is 9.96. The molecule has 0 saturated heterocycles. The van der Waals surface area contributed by atoms with Gasteiger partial charge in [-0.3, -0.25) is 0 Å². The Morgan fingerprint density at radius 1 is 1.07 bits per heavy atom. The van der Waals surface area contributed by atoms with E-state index in [9.17, 15) is 0 Å². The molecular weight excluding hydrogens is 170 g/mol. The van der Waals surface area contributed by atoms with Gasteiger partial charge in [-0.05, 0) is 63.0 Å². The van der Waals surface area contributed by atoms with Gasteiger partial charge in [0.05, 0.1) is 0 Å². The molecule has 3 rings (SSSR count). The fourth-order valence-electron chi connectivity index (χ4n) is 3.10. The van der Waals surface area contributed by atoms with Gasteiger partial charge in [-0.1, -0.05) is 0 Å². The van der Waals surface area contributed by atoms with Crippen LogP contribution in [-0.4, -0.2) is 4.57 Å². The molecule has 0 amide bonds. The molecule has 1 saturated carbocycles. The molecule has 0 radical (unpaired) electrons. The molecular formula is C13H19N. The fraction of sp³-hybridized carbons (Fsp3) is 0.692. The van der Waals surface area contributed by atoms with E-state index in [0.717, 1.165) is 11.8 Å². The van der Waals surface area contributed by atoms with Crippen LogP contribution in [0.2, 0.25) is 0 Å². The number of aromatic nitrogens is 1. The molecule has 1 aromatic rings. The Bertz CT molecular complexity index is 340. The van der Waals surface area contributed by atoms with Gasteiger partial charge in [-0.25, -0.2) is 0 Å². The second kappa shape index (κ2) is 2.44. The molecule has 2 unspecified atom stereocenters. The zero-order valence-corrected chi connectivity index (χ0v) is 9.38. The molecule has 0 N–H and O–H groups in total. The number of rotatable bonds is 0. The zero-order valence-electron chi connectivity index (χ0n) is 9.38. The lowest BCUT2D eigenvalue weighted by molar-refractivity contribution is 0.396. The number of hydrogen-bond donors (Lipinski definition) is 0. The van der Waals surface area contributed by atoms with E-state index in [0.29, 0.717) is 0 Å². The first kappa shape index (κ1) is 8.58. The van der Waals surface area contributed by atoms with E-state index in [1.165, 1.54) is 19.3 Å². The highest BCUT2D eigenvalue weighted by Gasteiger charge is 2.38. The first-order chi connectivity index (χ1) is 6.55. The Hall–Kier alpha value is -0.720. The van der Waals surface area contributed by atoms with Crippen molar-refractivity contribution in [2.24, 2.45) is 0 Å². The Kier molecular flexibility index (Phi) is 1.50. The Balaban J connectivity index is 2.07. The fourth-order valence-corrected chi connectivity index (χ4v) is 3.10. The quantitative estimate of drug-likeness (QED) is 0.587. The van der Waals surface area contributed by atoms with Crippen molar-refractivity contribution < 1.29 is 0 Å². The van der Waals surface area contributed by atoms with Gasteiger partial charge in [0.25, 0.3) is 0 Å². The van der Waals surface area contributed by atoms with E-state index < -0.39 is 0 Å². The van der Waals surface area contributed by atoms with Gasteiger partial charge in [-0.2, -0.15) is 0 Å². The van der Waals surface area contributed by atoms with Crippen molar-refractivity contribution in [1.29, 1.82) is 0 Å². The molecule has 0 aromatic carbocycles. The predicted octanol–water partition coefficient (Wildman–Crippen LogP) is 3.61. The summed E-state index contributed by atoms with van der Waals surface area (Å²) < 4.78 is 2.40. The molecule has 0 spiro atoms. The molecule has 1 heterocycles. The average molecular weight is 189 g/mol. The number of hydrogen-bond acceptors (Lipinski definition) is 0. The van der Waals surface area contributed by atoms with Crippen LogP contribution in [0.5, 0.6) is 0 Å². The van der Waals surface area contributed by atoms with Crippen LogP contribution >= 0.6 is 0 Å². The summed E-state index contributed by atoms with van der Waals surface area (Å²) in [5, 5.41) is 0. The van der Waals surface area contributed by atoms with Crippen molar-refractivity contribution in [2.45, 2.75) is 57.4 Å². The minimum atomic E-state index is 0.254. The van der Waals surface area contributed by atoms with Crippen LogP contribution in [-0.2, 0) is 5.54 Å². The summed E-state index contributed by atoms with van der Waals surface area (Å²) in [6, 6.07) is 0. The van der Waals surface area contributed by atoms with Crippen molar-refractivity contribution in [3.8, 4) is 0 Å². The molecule has 1 fully saturated rings. The Morgan fingerprint density at radius 3 is 2.00 bits per heavy atom. The van der Waals surface area contributed by atoms with Crippen molar-refractivity contribution in [1.82, 2.24) is 4.57 Å². The average Bonchev–Trinajstić information content (AvgIpc) is 2.74. The standard InChI is InChI=1S/C13H19N/c1-13(2,3)14-7-11-9-4-5-10(6-9)12(11)8-14/h7-10H,4-6H2,1-3H3. The first-order valence-electron chi connectivity index (χ1n) is 5.78. The molecule has 76 valence electrons. The summed E-state index contributed by atoms with van der Waals surface area (Å²) in [5.41, 5.74) is 3.58. The van der Waals surface area contributed by atoms with Crippen molar-refractivity contribution in [3.63, 3.8) is 0 Å². The highest BCUT2D eigenvalue weighted by molar-refractivity contribution is 5.40. The maximum atomic E-state index is 2.40. The van der Waals surface area contributed by atoms with Crippen LogP contribution in [0.25, 0.3) is 0 Å². The van der Waals surface area contributed by atoms with Crippen LogP contribution in [0, 0.1) is 0 Å². The highest BCUT2D eigenvalue weighted by atomic mass is 15.0. The molecule has 14 heavy (non-hydrogen) atoms. The van der Waals surface area contributed by atoms with Crippen LogP contribution in [0.15, 0.2) is 12.4 Å². The third-order valence-corrected chi connectivity index (χ3v) is 3.98. The topological polar surface area (TPSA) is 4.93 Å². The van der Waals surface area contributed by atoms with Crippen LogP contribution in [0.1, 0.15) is 63.0 Å². The van der Waals surface area contributed by atoms with Crippen LogP contribution in [0.3, 0.4) is 0 Å². The third kappa shape index (κ3) is 1.01. The van der Waals surface area contributed by atoms with E-state index in [-0.39, 0.29) is 5.54 Å². The van der Waals surface area contributed by atoms with Crippen molar-refractivity contribution in [3.05, 3.63) is 23.5 Å².